The molecule has 1 aliphatic rings. The minimum absolute atomic E-state index is 0.0563. The van der Waals surface area contributed by atoms with E-state index in [0.29, 0.717) is 12.5 Å². The molecule has 0 spiro atoms. The third kappa shape index (κ3) is 5.34. The Labute approximate surface area is 135 Å². The van der Waals surface area contributed by atoms with Crippen molar-refractivity contribution in [1.29, 1.82) is 0 Å². The Morgan fingerprint density at radius 2 is 1.86 bits per heavy atom. The third-order valence-electron chi connectivity index (χ3n) is 3.99. The second-order valence-electron chi connectivity index (χ2n) is 7.64. The molecule has 1 aromatic carbocycles. The molecule has 0 aromatic heterocycles. The Bertz CT molecular complexity index is 535. The van der Waals surface area contributed by atoms with Gasteiger partial charge in [0, 0.05) is 16.9 Å². The van der Waals surface area contributed by atoms with Gasteiger partial charge in [-0.15, -0.1) is 0 Å². The van der Waals surface area contributed by atoms with Gasteiger partial charge in [-0.1, -0.05) is 56.3 Å². The van der Waals surface area contributed by atoms with Crippen LogP contribution in [0.15, 0.2) is 54.3 Å². The highest BCUT2D eigenvalue weighted by molar-refractivity contribution is 5.23. The third-order valence-corrected chi connectivity index (χ3v) is 3.99. The number of ether oxygens (including phenoxy) is 1. The fourth-order valence-corrected chi connectivity index (χ4v) is 2.64. The van der Waals surface area contributed by atoms with Gasteiger partial charge in [-0.05, 0) is 38.3 Å². The smallest absolute Gasteiger partial charge is 0.113 e. The van der Waals surface area contributed by atoms with Crippen molar-refractivity contribution in [3.05, 3.63) is 59.9 Å². The lowest BCUT2D eigenvalue weighted by Gasteiger charge is -2.30. The van der Waals surface area contributed by atoms with Gasteiger partial charge in [-0.25, -0.2) is 0 Å². The zero-order valence-electron chi connectivity index (χ0n) is 14.3. The van der Waals surface area contributed by atoms with Crippen molar-refractivity contribution in [3.63, 3.8) is 0 Å². The van der Waals surface area contributed by atoms with E-state index in [1.54, 1.807) is 0 Å². The highest BCUT2D eigenvalue weighted by Crippen LogP contribution is 2.34. The molecule has 0 saturated heterocycles. The average molecular weight is 299 g/mol. The Morgan fingerprint density at radius 1 is 1.18 bits per heavy atom. The first kappa shape index (κ1) is 16.8. The normalized spacial score (nSPS) is 20.6. The van der Waals surface area contributed by atoms with Crippen LogP contribution in [0.1, 0.15) is 46.1 Å². The summed E-state index contributed by atoms with van der Waals surface area (Å²) in [6, 6.07) is 10.3. The van der Waals surface area contributed by atoms with Crippen molar-refractivity contribution in [2.45, 2.75) is 52.7 Å². The van der Waals surface area contributed by atoms with Crippen LogP contribution in [0.4, 0.5) is 0 Å². The van der Waals surface area contributed by atoms with Crippen LogP contribution in [0.3, 0.4) is 0 Å². The fourth-order valence-electron chi connectivity index (χ4n) is 2.64. The first-order chi connectivity index (χ1) is 10.3. The zero-order chi connectivity index (χ0) is 16.2. The SMILES string of the molecule is CC1(C)C=CC(CCC(C)(C)N)C(OCc2ccccc2)=C1. The molecule has 2 heteroatoms. The molecule has 1 aromatic rings. The minimum atomic E-state index is -0.134. The number of hydrogen-bond acceptors (Lipinski definition) is 2. The van der Waals surface area contributed by atoms with Crippen LogP contribution in [0.25, 0.3) is 0 Å². The molecule has 0 heterocycles. The molecule has 2 N–H and O–H groups in total. The summed E-state index contributed by atoms with van der Waals surface area (Å²) in [5.74, 6) is 1.42. The van der Waals surface area contributed by atoms with Crippen LogP contribution in [0, 0.1) is 11.3 Å². The van der Waals surface area contributed by atoms with Crippen molar-refractivity contribution >= 4 is 0 Å². The molecule has 0 radical (unpaired) electrons. The number of hydrogen-bond donors (Lipinski definition) is 1. The highest BCUT2D eigenvalue weighted by Gasteiger charge is 2.25. The topological polar surface area (TPSA) is 35.2 Å². The van der Waals surface area contributed by atoms with E-state index in [1.165, 1.54) is 5.56 Å². The van der Waals surface area contributed by atoms with Crippen LogP contribution < -0.4 is 5.73 Å². The molecule has 1 unspecified atom stereocenters. The summed E-state index contributed by atoms with van der Waals surface area (Å²) in [7, 11) is 0. The van der Waals surface area contributed by atoms with Gasteiger partial charge in [0.15, 0.2) is 0 Å². The van der Waals surface area contributed by atoms with Crippen LogP contribution in [-0.4, -0.2) is 5.54 Å². The molecule has 1 aliphatic carbocycles. The monoisotopic (exact) mass is 299 g/mol. The van der Waals surface area contributed by atoms with Crippen molar-refractivity contribution in [2.75, 3.05) is 0 Å². The molecule has 0 saturated carbocycles. The highest BCUT2D eigenvalue weighted by atomic mass is 16.5. The van der Waals surface area contributed by atoms with Crippen molar-refractivity contribution in [1.82, 2.24) is 0 Å². The molecular weight excluding hydrogens is 270 g/mol. The Balaban J connectivity index is 2.03. The first-order valence-electron chi connectivity index (χ1n) is 8.13. The van der Waals surface area contributed by atoms with Gasteiger partial charge in [0.2, 0.25) is 0 Å². The summed E-state index contributed by atoms with van der Waals surface area (Å²) in [6.45, 7) is 9.20. The van der Waals surface area contributed by atoms with Crippen LogP contribution in [0.5, 0.6) is 0 Å². The lowest BCUT2D eigenvalue weighted by molar-refractivity contribution is 0.162. The van der Waals surface area contributed by atoms with Crippen LogP contribution in [0.2, 0.25) is 0 Å². The summed E-state index contributed by atoms with van der Waals surface area (Å²) in [6.07, 6.45) is 8.82. The van der Waals surface area contributed by atoms with Crippen LogP contribution >= 0.6 is 0 Å². The summed E-state index contributed by atoms with van der Waals surface area (Å²) in [5, 5.41) is 0. The zero-order valence-corrected chi connectivity index (χ0v) is 14.3. The Kier molecular flexibility index (Phi) is 5.12. The van der Waals surface area contributed by atoms with E-state index < -0.39 is 0 Å². The van der Waals surface area contributed by atoms with E-state index in [2.05, 4.69) is 58.1 Å². The largest absolute Gasteiger partial charge is 0.493 e. The predicted octanol–water partition coefficient (Wildman–Crippen LogP) is 4.82. The molecule has 120 valence electrons. The predicted molar refractivity (Wildman–Crippen MR) is 93.2 cm³/mol. The van der Waals surface area contributed by atoms with Crippen molar-refractivity contribution in [2.24, 2.45) is 17.1 Å². The molecule has 0 amide bonds. The summed E-state index contributed by atoms with van der Waals surface area (Å²) in [5.41, 5.74) is 7.26. The molecule has 0 aliphatic heterocycles. The second kappa shape index (κ2) is 6.70. The number of rotatable bonds is 6. The van der Waals surface area contributed by atoms with E-state index >= 15 is 0 Å². The average Bonchev–Trinajstić information content (AvgIpc) is 2.43. The van der Waals surface area contributed by atoms with E-state index in [0.717, 1.165) is 18.6 Å². The van der Waals surface area contributed by atoms with Gasteiger partial charge in [0.25, 0.3) is 0 Å². The van der Waals surface area contributed by atoms with Gasteiger partial charge >= 0.3 is 0 Å². The summed E-state index contributed by atoms with van der Waals surface area (Å²) >= 11 is 0. The number of allylic oxidation sites excluding steroid dienone is 3. The van der Waals surface area contributed by atoms with Gasteiger partial charge in [-0.3, -0.25) is 0 Å². The fraction of sp³-hybridized carbons (Fsp3) is 0.500. The van der Waals surface area contributed by atoms with Crippen molar-refractivity contribution in [3.8, 4) is 0 Å². The van der Waals surface area contributed by atoms with Gasteiger partial charge < -0.3 is 10.5 Å². The second-order valence-corrected chi connectivity index (χ2v) is 7.64. The van der Waals surface area contributed by atoms with E-state index in [9.17, 15) is 0 Å². The molecule has 1 atom stereocenters. The Hall–Kier alpha value is -1.54. The van der Waals surface area contributed by atoms with Gasteiger partial charge in [-0.2, -0.15) is 0 Å². The maximum absolute atomic E-state index is 6.15. The molecule has 0 bridgehead atoms. The van der Waals surface area contributed by atoms with E-state index in [-0.39, 0.29) is 11.0 Å². The summed E-state index contributed by atoms with van der Waals surface area (Å²) in [4.78, 5) is 0. The lowest BCUT2D eigenvalue weighted by atomic mass is 9.81. The molecular formula is C20H29NO. The molecule has 2 rings (SSSR count). The van der Waals surface area contributed by atoms with Crippen molar-refractivity contribution < 1.29 is 4.74 Å². The molecule has 0 fully saturated rings. The van der Waals surface area contributed by atoms with Gasteiger partial charge in [0.1, 0.15) is 12.4 Å². The molecule has 22 heavy (non-hydrogen) atoms. The molecule has 2 nitrogen and oxygen atoms in total. The summed E-state index contributed by atoms with van der Waals surface area (Å²) < 4.78 is 6.15. The van der Waals surface area contributed by atoms with Gasteiger partial charge in [0.05, 0.1) is 0 Å². The quantitative estimate of drug-likeness (QED) is 0.765. The lowest BCUT2D eigenvalue weighted by Crippen LogP contribution is -2.32. The maximum Gasteiger partial charge on any atom is 0.113 e. The van der Waals surface area contributed by atoms with E-state index in [1.807, 2.05) is 18.2 Å². The standard InChI is InChI=1S/C20H29NO/c1-19(2)12-10-17(11-13-20(3,4)21)18(14-19)22-15-16-8-6-5-7-9-16/h5-10,12,14,17H,11,13,15,21H2,1-4H3. The number of benzene rings is 1. The van der Waals surface area contributed by atoms with E-state index in [4.69, 9.17) is 10.5 Å². The minimum Gasteiger partial charge on any atom is -0.493 e. The van der Waals surface area contributed by atoms with Crippen LogP contribution in [-0.2, 0) is 11.3 Å². The number of nitrogens with two attached hydrogens (primary N) is 1. The first-order valence-corrected chi connectivity index (χ1v) is 8.13. The maximum atomic E-state index is 6.15. The Morgan fingerprint density at radius 3 is 2.50 bits per heavy atom.